The Bertz CT molecular complexity index is 576. The molecule has 0 amide bonds. The molecule has 2 aromatic carbocycles. The zero-order chi connectivity index (χ0) is 14.9. The second kappa shape index (κ2) is 7.90. The van der Waals surface area contributed by atoms with Gasteiger partial charge in [0.25, 0.3) is 0 Å². The molecule has 0 spiro atoms. The van der Waals surface area contributed by atoms with Crippen molar-refractivity contribution in [1.29, 1.82) is 0 Å². The third-order valence-electron chi connectivity index (χ3n) is 2.88. The Morgan fingerprint density at radius 1 is 1.05 bits per heavy atom. The molecule has 3 nitrogen and oxygen atoms in total. The molecular weight excluding hydrogens is 264 g/mol. The van der Waals surface area contributed by atoms with Gasteiger partial charge in [-0.3, -0.25) is 0 Å². The van der Waals surface area contributed by atoms with Crippen molar-refractivity contribution in [3.8, 4) is 0 Å². The van der Waals surface area contributed by atoms with Crippen molar-refractivity contribution >= 4 is 12.2 Å². The van der Waals surface area contributed by atoms with E-state index in [1.54, 1.807) is 6.92 Å². The van der Waals surface area contributed by atoms with E-state index in [0.29, 0.717) is 6.61 Å². The van der Waals surface area contributed by atoms with E-state index < -0.39 is 12.3 Å². The van der Waals surface area contributed by atoms with Gasteiger partial charge in [-0.15, -0.1) is 0 Å². The molecule has 0 radical (unpaired) electrons. The molecule has 0 aliphatic heterocycles. The summed E-state index contributed by atoms with van der Waals surface area (Å²) in [6, 6.07) is 19.4. The van der Waals surface area contributed by atoms with Gasteiger partial charge in [0.1, 0.15) is 6.10 Å². The lowest BCUT2D eigenvalue weighted by atomic mass is 10.1. The minimum Gasteiger partial charge on any atom is -0.435 e. The summed E-state index contributed by atoms with van der Waals surface area (Å²) in [6.07, 6.45) is 2.65. The fraction of sp³-hybridized carbons (Fsp3) is 0.167. The average Bonchev–Trinajstić information content (AvgIpc) is 2.53. The van der Waals surface area contributed by atoms with Gasteiger partial charge < -0.3 is 9.47 Å². The predicted molar refractivity (Wildman–Crippen MR) is 82.8 cm³/mol. The van der Waals surface area contributed by atoms with Crippen LogP contribution in [0.25, 0.3) is 6.08 Å². The van der Waals surface area contributed by atoms with Gasteiger partial charge in [-0.05, 0) is 24.1 Å². The van der Waals surface area contributed by atoms with Crippen LogP contribution in [0.2, 0.25) is 0 Å². The monoisotopic (exact) mass is 282 g/mol. The first-order valence-corrected chi connectivity index (χ1v) is 6.91. The fourth-order valence-corrected chi connectivity index (χ4v) is 1.88. The first-order valence-electron chi connectivity index (χ1n) is 6.91. The summed E-state index contributed by atoms with van der Waals surface area (Å²) < 4.78 is 10.2. The zero-order valence-corrected chi connectivity index (χ0v) is 11.9. The molecule has 0 unspecified atom stereocenters. The fourth-order valence-electron chi connectivity index (χ4n) is 1.88. The van der Waals surface area contributed by atoms with Crippen LogP contribution in [0, 0.1) is 0 Å². The maximum Gasteiger partial charge on any atom is 0.509 e. The number of benzene rings is 2. The van der Waals surface area contributed by atoms with Gasteiger partial charge in [-0.1, -0.05) is 66.7 Å². The van der Waals surface area contributed by atoms with Crippen molar-refractivity contribution in [3.05, 3.63) is 77.9 Å². The van der Waals surface area contributed by atoms with Gasteiger partial charge in [0.2, 0.25) is 0 Å². The normalized spacial score (nSPS) is 12.0. The van der Waals surface area contributed by atoms with E-state index >= 15 is 0 Å². The lowest BCUT2D eigenvalue weighted by Gasteiger charge is -2.14. The van der Waals surface area contributed by atoms with Gasteiger partial charge >= 0.3 is 6.16 Å². The first-order chi connectivity index (χ1) is 10.3. The number of carbonyl (C=O) groups excluding carboxylic acids is 1. The quantitative estimate of drug-likeness (QED) is 0.751. The summed E-state index contributed by atoms with van der Waals surface area (Å²) in [5.74, 6) is 0. The van der Waals surface area contributed by atoms with Crippen molar-refractivity contribution in [2.24, 2.45) is 0 Å². The number of carbonyl (C=O) groups is 1. The van der Waals surface area contributed by atoms with Crippen LogP contribution in [-0.2, 0) is 9.47 Å². The molecule has 0 saturated carbocycles. The maximum absolute atomic E-state index is 11.6. The molecule has 108 valence electrons. The second-order valence-electron chi connectivity index (χ2n) is 4.40. The van der Waals surface area contributed by atoms with Crippen molar-refractivity contribution in [1.82, 2.24) is 0 Å². The highest BCUT2D eigenvalue weighted by molar-refractivity contribution is 5.61. The summed E-state index contributed by atoms with van der Waals surface area (Å²) in [6.45, 7) is 2.04. The van der Waals surface area contributed by atoms with E-state index in [2.05, 4.69) is 0 Å². The van der Waals surface area contributed by atoms with Crippen LogP contribution in [0.1, 0.15) is 24.2 Å². The molecule has 2 rings (SSSR count). The van der Waals surface area contributed by atoms with Crippen LogP contribution in [0.3, 0.4) is 0 Å². The van der Waals surface area contributed by atoms with E-state index in [9.17, 15) is 4.79 Å². The van der Waals surface area contributed by atoms with Crippen LogP contribution in [0.5, 0.6) is 0 Å². The molecule has 0 heterocycles. The third kappa shape index (κ3) is 4.80. The molecular formula is C18H18O3. The summed E-state index contributed by atoms with van der Waals surface area (Å²) in [4.78, 5) is 11.6. The summed E-state index contributed by atoms with van der Waals surface area (Å²) in [5.41, 5.74) is 1.95. The van der Waals surface area contributed by atoms with Gasteiger partial charge in [-0.25, -0.2) is 4.79 Å². The highest BCUT2D eigenvalue weighted by Gasteiger charge is 2.14. The van der Waals surface area contributed by atoms with E-state index in [4.69, 9.17) is 9.47 Å². The molecule has 0 aromatic heterocycles. The predicted octanol–water partition coefficient (Wildman–Crippen LogP) is 4.61. The van der Waals surface area contributed by atoms with Crippen LogP contribution in [0.4, 0.5) is 4.79 Å². The molecule has 0 fully saturated rings. The van der Waals surface area contributed by atoms with E-state index in [1.165, 1.54) is 0 Å². The smallest absolute Gasteiger partial charge is 0.435 e. The molecule has 21 heavy (non-hydrogen) atoms. The lowest BCUT2D eigenvalue weighted by molar-refractivity contribution is 0.0403. The van der Waals surface area contributed by atoms with Crippen molar-refractivity contribution in [2.45, 2.75) is 13.0 Å². The Balaban J connectivity index is 2.16. The van der Waals surface area contributed by atoms with E-state index in [0.717, 1.165) is 11.1 Å². The standard InChI is InChI=1S/C18H18O3/c1-2-20-18(19)21-17(16-11-7-4-8-12-16)14-13-15-9-5-3-6-10-15/h3-14,17H,2H2,1H3/b14-13+/t17-/m0/s1. The minimum absolute atomic E-state index is 0.294. The Morgan fingerprint density at radius 3 is 2.29 bits per heavy atom. The van der Waals surface area contributed by atoms with Crippen molar-refractivity contribution in [2.75, 3.05) is 6.61 Å². The van der Waals surface area contributed by atoms with Gasteiger partial charge in [-0.2, -0.15) is 0 Å². The van der Waals surface area contributed by atoms with Crippen LogP contribution >= 0.6 is 0 Å². The Hall–Kier alpha value is -2.55. The summed E-state index contributed by atoms with van der Waals surface area (Å²) >= 11 is 0. The maximum atomic E-state index is 11.6. The first kappa shape index (κ1) is 14.9. The summed E-state index contributed by atoms with van der Waals surface area (Å²) in [7, 11) is 0. The second-order valence-corrected chi connectivity index (χ2v) is 4.40. The van der Waals surface area contributed by atoms with E-state index in [-0.39, 0.29) is 0 Å². The third-order valence-corrected chi connectivity index (χ3v) is 2.88. The van der Waals surface area contributed by atoms with Gasteiger partial charge in [0, 0.05) is 0 Å². The lowest BCUT2D eigenvalue weighted by Crippen LogP contribution is -2.11. The number of ether oxygens (including phenoxy) is 2. The van der Waals surface area contributed by atoms with Crippen LogP contribution in [-0.4, -0.2) is 12.8 Å². The summed E-state index contributed by atoms with van der Waals surface area (Å²) in [5, 5.41) is 0. The molecule has 3 heteroatoms. The van der Waals surface area contributed by atoms with Gasteiger partial charge in [0.05, 0.1) is 6.61 Å². The van der Waals surface area contributed by atoms with Crippen LogP contribution in [0.15, 0.2) is 66.7 Å². The highest BCUT2D eigenvalue weighted by Crippen LogP contribution is 2.20. The average molecular weight is 282 g/mol. The molecule has 0 aliphatic rings. The Labute approximate surface area is 124 Å². The topological polar surface area (TPSA) is 35.5 Å². The van der Waals surface area contributed by atoms with Gasteiger partial charge in [0.15, 0.2) is 0 Å². The molecule has 1 atom stereocenters. The van der Waals surface area contributed by atoms with E-state index in [1.807, 2.05) is 72.8 Å². The molecule has 0 saturated heterocycles. The Morgan fingerprint density at radius 2 is 1.67 bits per heavy atom. The molecule has 0 bridgehead atoms. The van der Waals surface area contributed by atoms with Crippen molar-refractivity contribution in [3.63, 3.8) is 0 Å². The highest BCUT2D eigenvalue weighted by atomic mass is 16.7. The molecule has 0 aliphatic carbocycles. The number of rotatable bonds is 5. The SMILES string of the molecule is CCOC(=O)O[C@@H](/C=C/c1ccccc1)c1ccccc1. The zero-order valence-electron chi connectivity index (χ0n) is 11.9. The number of hydrogen-bond donors (Lipinski definition) is 0. The molecule has 0 N–H and O–H groups in total. The van der Waals surface area contributed by atoms with Crippen LogP contribution < -0.4 is 0 Å². The number of hydrogen-bond acceptors (Lipinski definition) is 3. The minimum atomic E-state index is -0.663. The Kier molecular flexibility index (Phi) is 5.59. The van der Waals surface area contributed by atoms with Crippen molar-refractivity contribution < 1.29 is 14.3 Å². The largest absolute Gasteiger partial charge is 0.509 e. The molecule has 2 aromatic rings.